The number of likely N-dealkylation sites (N-methyl/N-ethyl adjacent to an activating group) is 1. The molecule has 1 N–H and O–H groups in total. The fraction of sp³-hybridized carbons (Fsp3) is 0.368. The van der Waals surface area contributed by atoms with Crippen molar-refractivity contribution in [2.75, 3.05) is 31.1 Å². The van der Waals surface area contributed by atoms with Crippen molar-refractivity contribution in [2.24, 2.45) is 0 Å². The van der Waals surface area contributed by atoms with Crippen molar-refractivity contribution in [3.63, 3.8) is 0 Å². The number of amides is 1. The molecule has 0 spiro atoms. The van der Waals surface area contributed by atoms with Gasteiger partial charge in [-0.1, -0.05) is 23.5 Å². The van der Waals surface area contributed by atoms with Crippen LogP contribution in [0.5, 0.6) is 0 Å². The zero-order chi connectivity index (χ0) is 20.3. The number of nitro groups is 1. The zero-order valence-electron chi connectivity index (χ0n) is 16.1. The topological polar surface area (TPSA) is 93.9 Å². The molecular formula is C19H23N4O4S+. The average Bonchev–Trinajstić information content (AvgIpc) is 3.33. The molecule has 0 bridgehead atoms. The first-order valence-electron chi connectivity index (χ1n) is 9.20. The maximum Gasteiger partial charge on any atom is 0.433 e. The smallest absolute Gasteiger partial charge is 0.395 e. The monoisotopic (exact) mass is 403 g/mol. The Bertz CT molecular complexity index is 993. The summed E-state index contributed by atoms with van der Waals surface area (Å²) in [6.45, 7) is 9.27. The molecule has 2 heterocycles. The molecule has 0 fully saturated rings. The lowest BCUT2D eigenvalue weighted by Gasteiger charge is -2.22. The number of aryl methyl sites for hydroxylation is 1. The van der Waals surface area contributed by atoms with Crippen molar-refractivity contribution >= 4 is 38.5 Å². The molecule has 8 nitrogen and oxygen atoms in total. The third kappa shape index (κ3) is 4.05. The largest absolute Gasteiger partial charge is 0.433 e. The minimum Gasteiger partial charge on any atom is -0.395 e. The first kappa shape index (κ1) is 20.0. The van der Waals surface area contributed by atoms with Gasteiger partial charge in [-0.3, -0.25) is 19.8 Å². The molecular weight excluding hydrogens is 380 g/mol. The lowest BCUT2D eigenvalue weighted by molar-refractivity contribution is -0.894. The normalized spacial score (nSPS) is 11.3. The number of thiazole rings is 1. The van der Waals surface area contributed by atoms with Crippen LogP contribution < -0.4 is 9.80 Å². The van der Waals surface area contributed by atoms with Crippen LogP contribution in [0.1, 0.15) is 30.0 Å². The molecule has 28 heavy (non-hydrogen) atoms. The number of rotatable bonds is 8. The summed E-state index contributed by atoms with van der Waals surface area (Å²) in [6.07, 6.45) is 0. The molecule has 0 radical (unpaired) electrons. The number of fused-ring (bicyclic) bond motifs is 1. The number of nitrogens with zero attached hydrogens (tertiary/aromatic N) is 3. The van der Waals surface area contributed by atoms with Gasteiger partial charge in [0.25, 0.3) is 5.91 Å². The third-order valence-corrected chi connectivity index (χ3v) is 5.80. The van der Waals surface area contributed by atoms with Crippen LogP contribution in [0.2, 0.25) is 0 Å². The van der Waals surface area contributed by atoms with Gasteiger partial charge < -0.3 is 9.32 Å². The van der Waals surface area contributed by atoms with Gasteiger partial charge in [-0.15, -0.1) is 0 Å². The molecule has 0 aliphatic carbocycles. The molecule has 9 heteroatoms. The number of quaternary nitrogens is 1. The highest BCUT2D eigenvalue weighted by Gasteiger charge is 2.27. The second-order valence-corrected chi connectivity index (χ2v) is 7.49. The summed E-state index contributed by atoms with van der Waals surface area (Å²) in [4.78, 5) is 30.9. The Hall–Kier alpha value is -2.78. The van der Waals surface area contributed by atoms with E-state index in [0.717, 1.165) is 35.4 Å². The Kier molecular flexibility index (Phi) is 6.05. The van der Waals surface area contributed by atoms with Crippen molar-refractivity contribution in [3.05, 3.63) is 51.8 Å². The Balaban J connectivity index is 1.96. The quantitative estimate of drug-likeness (QED) is 0.461. The van der Waals surface area contributed by atoms with Gasteiger partial charge in [-0.2, -0.15) is 0 Å². The predicted molar refractivity (Wildman–Crippen MR) is 108 cm³/mol. The van der Waals surface area contributed by atoms with E-state index in [2.05, 4.69) is 18.8 Å². The molecule has 0 saturated carbocycles. The number of aromatic nitrogens is 1. The Morgan fingerprint density at radius 3 is 2.64 bits per heavy atom. The van der Waals surface area contributed by atoms with Gasteiger partial charge in [0.1, 0.15) is 4.92 Å². The van der Waals surface area contributed by atoms with Crippen LogP contribution in [0.15, 0.2) is 34.7 Å². The summed E-state index contributed by atoms with van der Waals surface area (Å²) in [5.41, 5.74) is 1.90. The van der Waals surface area contributed by atoms with Crippen molar-refractivity contribution in [1.82, 2.24) is 4.98 Å². The second kappa shape index (κ2) is 8.49. The van der Waals surface area contributed by atoms with E-state index < -0.39 is 16.7 Å². The standard InChI is InChI=1S/C19H22N4O4S/c1-4-21(5-2)11-12-22(18(24)14-9-10-16(27-14)23(25)26)19-20-17-13(3)7-6-8-15(17)28-19/h6-10H,4-5,11-12H2,1-3H3/p+1. The molecule has 1 aromatic carbocycles. The van der Waals surface area contributed by atoms with E-state index in [0.29, 0.717) is 11.7 Å². The zero-order valence-corrected chi connectivity index (χ0v) is 16.9. The summed E-state index contributed by atoms with van der Waals surface area (Å²) in [6, 6.07) is 8.45. The van der Waals surface area contributed by atoms with Crippen LogP contribution in [-0.4, -0.2) is 42.0 Å². The number of carbonyl (C=O) groups is 1. The van der Waals surface area contributed by atoms with Crippen molar-refractivity contribution < 1.29 is 19.0 Å². The van der Waals surface area contributed by atoms with Crippen LogP contribution in [-0.2, 0) is 0 Å². The summed E-state index contributed by atoms with van der Waals surface area (Å²) in [5, 5.41) is 11.5. The molecule has 2 aromatic heterocycles. The lowest BCUT2D eigenvalue weighted by Crippen LogP contribution is -3.12. The molecule has 0 aliphatic rings. The molecule has 3 rings (SSSR count). The molecule has 0 unspecified atom stereocenters. The Labute approximate surface area is 166 Å². The maximum absolute atomic E-state index is 13.1. The van der Waals surface area contributed by atoms with Gasteiger partial charge in [0.2, 0.25) is 0 Å². The van der Waals surface area contributed by atoms with Crippen molar-refractivity contribution in [1.29, 1.82) is 0 Å². The van der Waals surface area contributed by atoms with Crippen LogP contribution >= 0.6 is 11.3 Å². The van der Waals surface area contributed by atoms with Gasteiger partial charge in [-0.05, 0) is 38.5 Å². The van der Waals surface area contributed by atoms with Gasteiger partial charge in [0, 0.05) is 0 Å². The number of benzene rings is 1. The highest BCUT2D eigenvalue weighted by molar-refractivity contribution is 7.22. The van der Waals surface area contributed by atoms with E-state index >= 15 is 0 Å². The van der Waals surface area contributed by atoms with Crippen LogP contribution in [0.4, 0.5) is 11.0 Å². The summed E-state index contributed by atoms with van der Waals surface area (Å²) >= 11 is 1.43. The van der Waals surface area contributed by atoms with Crippen LogP contribution in [0.25, 0.3) is 10.2 Å². The first-order chi connectivity index (χ1) is 13.4. The fourth-order valence-electron chi connectivity index (χ4n) is 3.02. The number of hydrogen-bond acceptors (Lipinski definition) is 6. The van der Waals surface area contributed by atoms with E-state index in [1.54, 1.807) is 4.90 Å². The number of nitrogens with one attached hydrogen (secondary N) is 1. The Morgan fingerprint density at radius 2 is 2.04 bits per heavy atom. The molecule has 0 atom stereocenters. The maximum atomic E-state index is 13.1. The second-order valence-electron chi connectivity index (χ2n) is 6.48. The van der Waals surface area contributed by atoms with E-state index in [1.165, 1.54) is 28.4 Å². The Morgan fingerprint density at radius 1 is 1.29 bits per heavy atom. The number of carbonyl (C=O) groups excluding carboxylic acids is 1. The van der Waals surface area contributed by atoms with E-state index in [9.17, 15) is 14.9 Å². The lowest BCUT2D eigenvalue weighted by atomic mass is 10.2. The fourth-order valence-corrected chi connectivity index (χ4v) is 4.09. The van der Waals surface area contributed by atoms with Crippen LogP contribution in [0, 0.1) is 17.0 Å². The molecule has 148 valence electrons. The summed E-state index contributed by atoms with van der Waals surface area (Å²) in [7, 11) is 0. The summed E-state index contributed by atoms with van der Waals surface area (Å²) < 4.78 is 6.14. The SMILES string of the molecule is CC[NH+](CC)CCN(C(=O)c1ccc([N+](=O)[O-])o1)c1nc2c(C)cccc2s1. The summed E-state index contributed by atoms with van der Waals surface area (Å²) in [5.74, 6) is -0.925. The molecule has 1 amide bonds. The van der Waals surface area contributed by atoms with Crippen molar-refractivity contribution in [3.8, 4) is 0 Å². The first-order valence-corrected chi connectivity index (χ1v) is 10.0. The highest BCUT2D eigenvalue weighted by atomic mass is 32.1. The third-order valence-electron chi connectivity index (χ3n) is 4.76. The van der Waals surface area contributed by atoms with Gasteiger partial charge in [0.05, 0.1) is 42.5 Å². The van der Waals surface area contributed by atoms with Crippen molar-refractivity contribution in [2.45, 2.75) is 20.8 Å². The number of para-hydroxylation sites is 1. The van der Waals surface area contributed by atoms with E-state index in [4.69, 9.17) is 4.42 Å². The molecule has 0 saturated heterocycles. The highest BCUT2D eigenvalue weighted by Crippen LogP contribution is 2.31. The molecule has 3 aromatic rings. The molecule has 0 aliphatic heterocycles. The number of anilines is 1. The number of furan rings is 1. The number of hydrogen-bond donors (Lipinski definition) is 1. The van der Waals surface area contributed by atoms with Gasteiger partial charge in [0.15, 0.2) is 10.9 Å². The van der Waals surface area contributed by atoms with E-state index in [-0.39, 0.29) is 5.76 Å². The minimum absolute atomic E-state index is 0.0581. The average molecular weight is 403 g/mol. The van der Waals surface area contributed by atoms with Gasteiger partial charge >= 0.3 is 5.88 Å². The van der Waals surface area contributed by atoms with E-state index in [1.807, 2.05) is 25.1 Å². The predicted octanol–water partition coefficient (Wildman–Crippen LogP) is 2.68. The van der Waals surface area contributed by atoms with Gasteiger partial charge in [-0.25, -0.2) is 4.98 Å². The van der Waals surface area contributed by atoms with Crippen LogP contribution in [0.3, 0.4) is 0 Å². The minimum atomic E-state index is -0.651.